The monoisotopic (exact) mass is 292 g/mol. The maximum atomic E-state index is 11.8. The van der Waals surface area contributed by atoms with Crippen molar-refractivity contribution in [3.05, 3.63) is 34.3 Å². The van der Waals surface area contributed by atoms with Crippen LogP contribution in [-0.2, 0) is 24.8 Å². The van der Waals surface area contributed by atoms with E-state index in [0.29, 0.717) is 25.3 Å². The number of amides is 1. The van der Waals surface area contributed by atoms with Gasteiger partial charge in [0.1, 0.15) is 10.8 Å². The summed E-state index contributed by atoms with van der Waals surface area (Å²) in [7, 11) is 1.93. The van der Waals surface area contributed by atoms with Gasteiger partial charge in [-0.1, -0.05) is 13.8 Å². The highest BCUT2D eigenvalue weighted by Crippen LogP contribution is 2.17. The first-order valence-corrected chi connectivity index (χ1v) is 7.61. The number of aromatic nitrogens is 3. The first kappa shape index (κ1) is 14.7. The Kier molecular flexibility index (Phi) is 4.89. The fourth-order valence-corrected chi connectivity index (χ4v) is 2.69. The van der Waals surface area contributed by atoms with E-state index in [1.165, 1.54) is 0 Å². The molecule has 0 aromatic carbocycles. The van der Waals surface area contributed by atoms with E-state index in [2.05, 4.69) is 34.5 Å². The highest BCUT2D eigenvalue weighted by atomic mass is 32.1. The van der Waals surface area contributed by atoms with E-state index in [1.807, 2.05) is 17.8 Å². The summed E-state index contributed by atoms with van der Waals surface area (Å²) in [6.45, 7) is 4.74. The third-order valence-electron chi connectivity index (χ3n) is 3.09. The minimum Gasteiger partial charge on any atom is -0.350 e. The lowest BCUT2D eigenvalue weighted by atomic mass is 10.2. The fraction of sp³-hybridized carbons (Fsp3) is 0.500. The Balaban J connectivity index is 1.76. The lowest BCUT2D eigenvalue weighted by Crippen LogP contribution is -2.23. The van der Waals surface area contributed by atoms with Gasteiger partial charge in [0.2, 0.25) is 5.91 Å². The number of carbonyl (C=O) groups is 1. The minimum atomic E-state index is 0.0364. The van der Waals surface area contributed by atoms with Crippen LogP contribution in [0.15, 0.2) is 17.8 Å². The number of nitrogens with one attached hydrogen (secondary N) is 1. The number of rotatable bonds is 6. The Hall–Kier alpha value is -1.69. The third kappa shape index (κ3) is 3.90. The summed E-state index contributed by atoms with van der Waals surface area (Å²) in [6, 6.07) is 0. The van der Waals surface area contributed by atoms with E-state index in [4.69, 9.17) is 0 Å². The molecule has 0 saturated heterocycles. The summed E-state index contributed by atoms with van der Waals surface area (Å²) < 4.78 is 1.93. The van der Waals surface area contributed by atoms with E-state index < -0.39 is 0 Å². The molecule has 2 heterocycles. The summed E-state index contributed by atoms with van der Waals surface area (Å²) in [4.78, 5) is 20.5. The average Bonchev–Trinajstić information content (AvgIpc) is 3.03. The molecule has 1 N–H and O–H groups in total. The summed E-state index contributed by atoms with van der Waals surface area (Å²) in [5.74, 6) is 1.39. The summed E-state index contributed by atoms with van der Waals surface area (Å²) >= 11 is 1.60. The molecule has 0 aliphatic carbocycles. The number of hydrogen-bond donors (Lipinski definition) is 1. The molecular weight excluding hydrogens is 272 g/mol. The Morgan fingerprint density at radius 3 is 2.90 bits per heavy atom. The van der Waals surface area contributed by atoms with Crippen molar-refractivity contribution in [2.45, 2.75) is 39.2 Å². The first-order valence-electron chi connectivity index (χ1n) is 6.73. The van der Waals surface area contributed by atoms with Crippen LogP contribution in [-0.4, -0.2) is 20.4 Å². The van der Waals surface area contributed by atoms with Gasteiger partial charge in [0.25, 0.3) is 0 Å². The number of imidazole rings is 1. The molecule has 0 unspecified atom stereocenters. The normalized spacial score (nSPS) is 11.0. The van der Waals surface area contributed by atoms with Crippen molar-refractivity contribution >= 4 is 17.2 Å². The van der Waals surface area contributed by atoms with Crippen molar-refractivity contribution in [1.29, 1.82) is 0 Å². The van der Waals surface area contributed by atoms with Gasteiger partial charge >= 0.3 is 0 Å². The molecule has 6 heteroatoms. The smallest absolute Gasteiger partial charge is 0.220 e. The van der Waals surface area contributed by atoms with Gasteiger partial charge in [0.15, 0.2) is 0 Å². The van der Waals surface area contributed by atoms with Crippen molar-refractivity contribution in [2.24, 2.45) is 7.05 Å². The van der Waals surface area contributed by atoms with Crippen molar-refractivity contribution in [3.63, 3.8) is 0 Å². The maximum absolute atomic E-state index is 11.8. The molecule has 5 nitrogen and oxygen atoms in total. The second-order valence-corrected chi connectivity index (χ2v) is 5.99. The lowest BCUT2D eigenvalue weighted by Gasteiger charge is -2.04. The van der Waals surface area contributed by atoms with Crippen molar-refractivity contribution in [1.82, 2.24) is 19.9 Å². The predicted molar refractivity (Wildman–Crippen MR) is 79.6 cm³/mol. The average molecular weight is 292 g/mol. The van der Waals surface area contributed by atoms with Gasteiger partial charge in [-0.3, -0.25) is 4.79 Å². The SMILES string of the molecule is CC(C)c1csc(CNC(=O)CCc2nccn2C)n1. The molecule has 0 spiro atoms. The Labute approximate surface area is 123 Å². The van der Waals surface area contributed by atoms with Gasteiger partial charge in [0.05, 0.1) is 12.2 Å². The standard InChI is InChI=1S/C14H20N4OS/c1-10(2)11-9-20-14(17-11)8-16-13(19)5-4-12-15-6-7-18(12)3/h6-7,9-10H,4-5,8H2,1-3H3,(H,16,19). The molecule has 0 aliphatic heterocycles. The Bertz CT molecular complexity index is 573. The fourth-order valence-electron chi connectivity index (χ4n) is 1.80. The number of aryl methyl sites for hydroxylation is 2. The molecule has 0 aliphatic rings. The number of hydrogen-bond acceptors (Lipinski definition) is 4. The predicted octanol–water partition coefficient (Wildman–Crippen LogP) is 2.25. The molecule has 0 atom stereocenters. The van der Waals surface area contributed by atoms with E-state index in [0.717, 1.165) is 16.5 Å². The highest BCUT2D eigenvalue weighted by Gasteiger charge is 2.08. The van der Waals surface area contributed by atoms with E-state index in [1.54, 1.807) is 17.5 Å². The van der Waals surface area contributed by atoms with Crippen LogP contribution in [0.1, 0.15) is 42.7 Å². The van der Waals surface area contributed by atoms with Gasteiger partial charge in [-0.2, -0.15) is 0 Å². The zero-order valence-corrected chi connectivity index (χ0v) is 12.9. The van der Waals surface area contributed by atoms with Gasteiger partial charge in [-0.25, -0.2) is 9.97 Å². The first-order chi connectivity index (χ1) is 9.56. The minimum absolute atomic E-state index is 0.0364. The van der Waals surface area contributed by atoms with Gasteiger partial charge in [-0.15, -0.1) is 11.3 Å². The summed E-state index contributed by atoms with van der Waals surface area (Å²) in [6.07, 6.45) is 4.74. The Morgan fingerprint density at radius 1 is 1.50 bits per heavy atom. The van der Waals surface area contributed by atoms with Crippen LogP contribution in [0.4, 0.5) is 0 Å². The molecule has 1 amide bonds. The molecule has 2 aromatic heterocycles. The van der Waals surface area contributed by atoms with Crippen molar-refractivity contribution in [3.8, 4) is 0 Å². The summed E-state index contributed by atoms with van der Waals surface area (Å²) in [5, 5.41) is 5.92. The quantitative estimate of drug-likeness (QED) is 0.888. The number of thiazole rings is 1. The molecule has 108 valence electrons. The van der Waals surface area contributed by atoms with Gasteiger partial charge in [-0.05, 0) is 5.92 Å². The van der Waals surface area contributed by atoms with Gasteiger partial charge in [0, 0.05) is 37.7 Å². The molecule has 2 aromatic rings. The molecular formula is C14H20N4OS. The maximum Gasteiger partial charge on any atom is 0.220 e. The zero-order valence-electron chi connectivity index (χ0n) is 12.1. The number of nitrogens with zero attached hydrogens (tertiary/aromatic N) is 3. The van der Waals surface area contributed by atoms with Crippen LogP contribution >= 0.6 is 11.3 Å². The van der Waals surface area contributed by atoms with E-state index in [9.17, 15) is 4.79 Å². The van der Waals surface area contributed by atoms with Crippen LogP contribution in [0.5, 0.6) is 0 Å². The molecule has 0 saturated carbocycles. The van der Waals surface area contributed by atoms with Crippen LogP contribution in [0.3, 0.4) is 0 Å². The molecule has 0 bridgehead atoms. The van der Waals surface area contributed by atoms with Crippen LogP contribution in [0.25, 0.3) is 0 Å². The zero-order chi connectivity index (χ0) is 14.5. The third-order valence-corrected chi connectivity index (χ3v) is 3.96. The van der Waals surface area contributed by atoms with Gasteiger partial charge < -0.3 is 9.88 Å². The topological polar surface area (TPSA) is 59.8 Å². The molecule has 0 radical (unpaired) electrons. The van der Waals surface area contributed by atoms with E-state index in [-0.39, 0.29) is 5.91 Å². The Morgan fingerprint density at radius 2 is 2.30 bits per heavy atom. The second kappa shape index (κ2) is 6.65. The number of carbonyl (C=O) groups excluding carboxylic acids is 1. The van der Waals surface area contributed by atoms with E-state index >= 15 is 0 Å². The highest BCUT2D eigenvalue weighted by molar-refractivity contribution is 7.09. The molecule has 2 rings (SSSR count). The van der Waals surface area contributed by atoms with Crippen LogP contribution < -0.4 is 5.32 Å². The lowest BCUT2D eigenvalue weighted by molar-refractivity contribution is -0.121. The molecule has 0 fully saturated rings. The second-order valence-electron chi connectivity index (χ2n) is 5.05. The van der Waals surface area contributed by atoms with Crippen molar-refractivity contribution in [2.75, 3.05) is 0 Å². The largest absolute Gasteiger partial charge is 0.350 e. The van der Waals surface area contributed by atoms with Crippen LogP contribution in [0, 0.1) is 0 Å². The van der Waals surface area contributed by atoms with Crippen LogP contribution in [0.2, 0.25) is 0 Å². The molecule has 20 heavy (non-hydrogen) atoms. The summed E-state index contributed by atoms with van der Waals surface area (Å²) in [5.41, 5.74) is 1.09. The van der Waals surface area contributed by atoms with Crippen molar-refractivity contribution < 1.29 is 4.79 Å².